The highest BCUT2D eigenvalue weighted by Gasteiger charge is 2.15. The molecule has 1 aromatic rings. The van der Waals surface area contributed by atoms with Crippen molar-refractivity contribution in [2.24, 2.45) is 0 Å². The number of hydrogen-bond donors (Lipinski definition) is 0. The van der Waals surface area contributed by atoms with E-state index in [-0.39, 0.29) is 11.7 Å². The summed E-state index contributed by atoms with van der Waals surface area (Å²) in [6.45, 7) is 5.76. The number of ketones is 1. The monoisotopic (exact) mass is 226 g/mol. The Morgan fingerprint density at radius 1 is 1.33 bits per heavy atom. The first-order valence-electron chi connectivity index (χ1n) is 4.76. The second-order valence-electron chi connectivity index (χ2n) is 3.58. The van der Waals surface area contributed by atoms with Crippen molar-refractivity contribution >= 4 is 17.4 Å². The van der Waals surface area contributed by atoms with E-state index in [1.807, 2.05) is 26.8 Å². The fourth-order valence-electron chi connectivity index (χ4n) is 1.75. The van der Waals surface area contributed by atoms with Gasteiger partial charge in [0.05, 0.1) is 13.0 Å². The van der Waals surface area contributed by atoms with Gasteiger partial charge < -0.3 is 4.74 Å². The summed E-state index contributed by atoms with van der Waals surface area (Å²) in [5.74, 6) is 0.807. The Kier molecular flexibility index (Phi) is 3.75. The zero-order chi connectivity index (χ0) is 11.6. The molecule has 82 valence electrons. The summed E-state index contributed by atoms with van der Waals surface area (Å²) < 4.78 is 5.23. The first kappa shape index (κ1) is 12.1. The summed E-state index contributed by atoms with van der Waals surface area (Å²) in [5, 5.41) is 0. The summed E-state index contributed by atoms with van der Waals surface area (Å²) in [7, 11) is 1.63. The van der Waals surface area contributed by atoms with Crippen molar-refractivity contribution in [3.63, 3.8) is 0 Å². The molecule has 15 heavy (non-hydrogen) atoms. The van der Waals surface area contributed by atoms with Gasteiger partial charge >= 0.3 is 0 Å². The number of carbonyl (C=O) groups excluding carboxylic acids is 1. The lowest BCUT2D eigenvalue weighted by Gasteiger charge is -2.14. The fraction of sp³-hybridized carbons (Fsp3) is 0.417. The largest absolute Gasteiger partial charge is 0.496 e. The van der Waals surface area contributed by atoms with E-state index in [2.05, 4.69) is 0 Å². The molecule has 0 heterocycles. The number of halogens is 1. The topological polar surface area (TPSA) is 26.3 Å². The van der Waals surface area contributed by atoms with Crippen LogP contribution in [0.3, 0.4) is 0 Å². The molecule has 0 spiro atoms. The van der Waals surface area contributed by atoms with Crippen molar-refractivity contribution in [1.82, 2.24) is 0 Å². The zero-order valence-electron chi connectivity index (χ0n) is 9.48. The van der Waals surface area contributed by atoms with Crippen LogP contribution in [0.15, 0.2) is 6.07 Å². The summed E-state index contributed by atoms with van der Waals surface area (Å²) in [6.07, 6.45) is 0. The normalized spacial score (nSPS) is 10.2. The molecule has 0 saturated heterocycles. The van der Waals surface area contributed by atoms with E-state index in [0.717, 1.165) is 28.0 Å². The number of aryl methyl sites for hydroxylation is 1. The highest BCUT2D eigenvalue weighted by molar-refractivity contribution is 6.30. The minimum atomic E-state index is -0.0302. The highest BCUT2D eigenvalue weighted by atomic mass is 35.5. The molecule has 0 aliphatic carbocycles. The quantitative estimate of drug-likeness (QED) is 0.585. The number of ether oxygens (including phenoxy) is 1. The number of benzene rings is 1. The van der Waals surface area contributed by atoms with E-state index in [0.29, 0.717) is 0 Å². The van der Waals surface area contributed by atoms with Crippen LogP contribution in [0.5, 0.6) is 5.75 Å². The predicted octanol–water partition coefficient (Wildman–Crippen LogP) is 3.04. The Labute approximate surface area is 95.2 Å². The Morgan fingerprint density at radius 2 is 1.93 bits per heavy atom. The van der Waals surface area contributed by atoms with Crippen LogP contribution in [0, 0.1) is 20.8 Å². The summed E-state index contributed by atoms with van der Waals surface area (Å²) in [6, 6.07) is 1.88. The number of methoxy groups -OCH3 is 1. The molecule has 0 saturated carbocycles. The van der Waals surface area contributed by atoms with Gasteiger partial charge in [0.2, 0.25) is 0 Å². The molecule has 0 N–H and O–H groups in total. The van der Waals surface area contributed by atoms with E-state index in [1.54, 1.807) is 7.11 Å². The standard InChI is InChI=1S/C12H15ClO2/c1-7-5-11(15-4)8(2)9(3)12(7)10(14)6-13/h5H,6H2,1-4H3. The Balaban J connectivity index is 3.42. The maximum atomic E-state index is 11.6. The number of carbonyl (C=O) groups is 1. The lowest BCUT2D eigenvalue weighted by molar-refractivity contribution is 0.102. The van der Waals surface area contributed by atoms with Crippen LogP contribution in [0.4, 0.5) is 0 Å². The second-order valence-corrected chi connectivity index (χ2v) is 3.84. The maximum absolute atomic E-state index is 11.6. The van der Waals surface area contributed by atoms with Crippen molar-refractivity contribution in [3.8, 4) is 5.75 Å². The number of rotatable bonds is 3. The van der Waals surface area contributed by atoms with Crippen LogP contribution in [-0.2, 0) is 0 Å². The molecular weight excluding hydrogens is 212 g/mol. The first-order valence-corrected chi connectivity index (χ1v) is 5.30. The van der Waals surface area contributed by atoms with E-state index >= 15 is 0 Å². The van der Waals surface area contributed by atoms with Gasteiger partial charge in [-0.1, -0.05) is 0 Å². The highest BCUT2D eigenvalue weighted by Crippen LogP contribution is 2.27. The second kappa shape index (κ2) is 4.67. The number of hydrogen-bond acceptors (Lipinski definition) is 2. The minimum absolute atomic E-state index is 0.0213. The van der Waals surface area contributed by atoms with Gasteiger partial charge in [0.15, 0.2) is 5.78 Å². The molecule has 0 radical (unpaired) electrons. The van der Waals surface area contributed by atoms with E-state index in [1.165, 1.54) is 0 Å². The van der Waals surface area contributed by atoms with Gasteiger partial charge in [0.25, 0.3) is 0 Å². The first-order chi connectivity index (χ1) is 7.02. The Morgan fingerprint density at radius 3 is 2.40 bits per heavy atom. The lowest BCUT2D eigenvalue weighted by Crippen LogP contribution is -2.08. The third-order valence-electron chi connectivity index (χ3n) is 2.67. The summed E-state index contributed by atoms with van der Waals surface area (Å²) >= 11 is 5.58. The van der Waals surface area contributed by atoms with Crippen molar-refractivity contribution in [2.75, 3.05) is 13.0 Å². The van der Waals surface area contributed by atoms with Crippen LogP contribution in [0.25, 0.3) is 0 Å². The van der Waals surface area contributed by atoms with Gasteiger partial charge in [-0.25, -0.2) is 0 Å². The van der Waals surface area contributed by atoms with Crippen molar-refractivity contribution < 1.29 is 9.53 Å². The predicted molar refractivity (Wildman–Crippen MR) is 62.3 cm³/mol. The number of alkyl halides is 1. The SMILES string of the molecule is COc1cc(C)c(C(=O)CCl)c(C)c1C. The average molecular weight is 227 g/mol. The van der Waals surface area contributed by atoms with Gasteiger partial charge in [-0.05, 0) is 43.5 Å². The van der Waals surface area contributed by atoms with Crippen molar-refractivity contribution in [2.45, 2.75) is 20.8 Å². The van der Waals surface area contributed by atoms with E-state index < -0.39 is 0 Å². The molecule has 0 unspecified atom stereocenters. The fourth-order valence-corrected chi connectivity index (χ4v) is 1.89. The Bertz CT molecular complexity index is 397. The third-order valence-corrected chi connectivity index (χ3v) is 2.91. The molecule has 1 rings (SSSR count). The van der Waals surface area contributed by atoms with Crippen LogP contribution in [0.1, 0.15) is 27.0 Å². The smallest absolute Gasteiger partial charge is 0.178 e. The van der Waals surface area contributed by atoms with Gasteiger partial charge in [-0.15, -0.1) is 11.6 Å². The molecule has 0 atom stereocenters. The molecule has 3 heteroatoms. The molecule has 0 bridgehead atoms. The van der Waals surface area contributed by atoms with Crippen LogP contribution >= 0.6 is 11.6 Å². The Hall–Kier alpha value is -1.02. The molecule has 0 fully saturated rings. The average Bonchev–Trinajstić information content (AvgIpc) is 2.23. The molecule has 0 aromatic heterocycles. The summed E-state index contributed by atoms with van der Waals surface area (Å²) in [5.41, 5.74) is 3.60. The minimum Gasteiger partial charge on any atom is -0.496 e. The van der Waals surface area contributed by atoms with E-state index in [9.17, 15) is 4.79 Å². The zero-order valence-corrected chi connectivity index (χ0v) is 10.2. The van der Waals surface area contributed by atoms with Gasteiger partial charge in [-0.2, -0.15) is 0 Å². The summed E-state index contributed by atoms with van der Waals surface area (Å²) in [4.78, 5) is 11.6. The van der Waals surface area contributed by atoms with Gasteiger partial charge in [0.1, 0.15) is 5.75 Å². The van der Waals surface area contributed by atoms with Gasteiger partial charge in [0, 0.05) is 5.56 Å². The van der Waals surface area contributed by atoms with Gasteiger partial charge in [-0.3, -0.25) is 4.79 Å². The van der Waals surface area contributed by atoms with Crippen molar-refractivity contribution in [1.29, 1.82) is 0 Å². The third kappa shape index (κ3) is 2.15. The van der Waals surface area contributed by atoms with Crippen molar-refractivity contribution in [3.05, 3.63) is 28.3 Å². The van der Waals surface area contributed by atoms with E-state index in [4.69, 9.17) is 16.3 Å². The lowest BCUT2D eigenvalue weighted by atomic mass is 9.95. The van der Waals surface area contributed by atoms with Crippen LogP contribution < -0.4 is 4.74 Å². The molecular formula is C12H15ClO2. The van der Waals surface area contributed by atoms with Crippen LogP contribution in [-0.4, -0.2) is 18.8 Å². The molecule has 0 aliphatic rings. The molecule has 2 nitrogen and oxygen atoms in total. The molecule has 1 aromatic carbocycles. The number of Topliss-reactive ketones (excluding diaryl/α,β-unsaturated/α-hetero) is 1. The van der Waals surface area contributed by atoms with Crippen LogP contribution in [0.2, 0.25) is 0 Å². The molecule has 0 aliphatic heterocycles. The maximum Gasteiger partial charge on any atom is 0.178 e. The molecule has 0 amide bonds.